The van der Waals surface area contributed by atoms with E-state index in [1.165, 1.54) is 0 Å². The molecule has 2 aliphatic heterocycles. The van der Waals surface area contributed by atoms with Crippen molar-refractivity contribution in [3.05, 3.63) is 23.8 Å². The van der Waals surface area contributed by atoms with Gasteiger partial charge in [0, 0.05) is 19.6 Å². The second kappa shape index (κ2) is 4.56. The third kappa shape index (κ3) is 1.94. The third-order valence-electron chi connectivity index (χ3n) is 3.93. The molecule has 0 spiro atoms. The molecule has 1 N–H and O–H groups in total. The summed E-state index contributed by atoms with van der Waals surface area (Å²) in [5, 5.41) is 12.3. The first-order valence-electron chi connectivity index (χ1n) is 6.49. The van der Waals surface area contributed by atoms with Crippen LogP contribution in [0.3, 0.4) is 0 Å². The fourth-order valence-corrected chi connectivity index (χ4v) is 2.81. The minimum absolute atomic E-state index is 0.0782. The van der Waals surface area contributed by atoms with Crippen LogP contribution in [-0.2, 0) is 4.79 Å². The summed E-state index contributed by atoms with van der Waals surface area (Å²) < 4.78 is 0. The molecule has 5 nitrogen and oxygen atoms in total. The van der Waals surface area contributed by atoms with Crippen molar-refractivity contribution < 1.29 is 4.79 Å². The second-order valence-corrected chi connectivity index (χ2v) is 5.04. The molecule has 1 amide bonds. The monoisotopic (exact) mass is 256 g/mol. The van der Waals surface area contributed by atoms with E-state index in [0.717, 1.165) is 30.9 Å². The van der Waals surface area contributed by atoms with Crippen LogP contribution >= 0.6 is 0 Å². The molecule has 1 saturated heterocycles. The first-order valence-corrected chi connectivity index (χ1v) is 6.49. The Morgan fingerprint density at radius 3 is 2.95 bits per heavy atom. The summed E-state index contributed by atoms with van der Waals surface area (Å²) in [5.41, 5.74) is 2.47. The number of amides is 1. The minimum Gasteiger partial charge on any atom is -0.356 e. The van der Waals surface area contributed by atoms with Crippen LogP contribution in [0, 0.1) is 11.3 Å². The van der Waals surface area contributed by atoms with Crippen molar-refractivity contribution in [3.8, 4) is 6.07 Å². The van der Waals surface area contributed by atoms with Crippen LogP contribution in [0.1, 0.15) is 12.0 Å². The van der Waals surface area contributed by atoms with Crippen LogP contribution in [0.2, 0.25) is 0 Å². The van der Waals surface area contributed by atoms with Gasteiger partial charge in [0.25, 0.3) is 0 Å². The largest absolute Gasteiger partial charge is 0.356 e. The average Bonchev–Trinajstić information content (AvgIpc) is 2.96. The number of rotatable bonds is 1. The molecular formula is C14H16N4O. The summed E-state index contributed by atoms with van der Waals surface area (Å²) in [4.78, 5) is 15.9. The first kappa shape index (κ1) is 12.0. The van der Waals surface area contributed by atoms with E-state index in [9.17, 15) is 4.79 Å². The molecule has 1 atom stereocenters. The van der Waals surface area contributed by atoms with Crippen LogP contribution in [0.5, 0.6) is 0 Å². The van der Waals surface area contributed by atoms with E-state index in [-0.39, 0.29) is 5.91 Å². The van der Waals surface area contributed by atoms with E-state index in [0.29, 0.717) is 18.2 Å². The lowest BCUT2D eigenvalue weighted by Crippen LogP contribution is -2.49. The van der Waals surface area contributed by atoms with E-state index in [2.05, 4.69) is 16.3 Å². The molecule has 1 unspecified atom stereocenters. The number of anilines is 2. The van der Waals surface area contributed by atoms with Gasteiger partial charge in [-0.05, 0) is 31.2 Å². The Morgan fingerprint density at radius 2 is 2.26 bits per heavy atom. The van der Waals surface area contributed by atoms with Crippen molar-refractivity contribution in [2.45, 2.75) is 12.5 Å². The smallest absolute Gasteiger partial charge is 0.246 e. The summed E-state index contributed by atoms with van der Waals surface area (Å²) in [6.07, 6.45) is 1.05. The van der Waals surface area contributed by atoms with Crippen molar-refractivity contribution >= 4 is 17.3 Å². The molecule has 5 heteroatoms. The molecule has 1 aromatic carbocycles. The number of nitrogens with zero attached hydrogens (tertiary/aromatic N) is 3. The highest BCUT2D eigenvalue weighted by Gasteiger charge is 2.32. The zero-order chi connectivity index (χ0) is 13.4. The topological polar surface area (TPSA) is 59.4 Å². The van der Waals surface area contributed by atoms with Gasteiger partial charge < -0.3 is 15.1 Å². The molecule has 98 valence electrons. The number of nitriles is 1. The van der Waals surface area contributed by atoms with Crippen molar-refractivity contribution in [1.29, 1.82) is 5.26 Å². The highest BCUT2D eigenvalue weighted by molar-refractivity contribution is 6.03. The zero-order valence-corrected chi connectivity index (χ0v) is 10.9. The fraction of sp³-hybridized carbons (Fsp3) is 0.429. The predicted molar refractivity (Wildman–Crippen MR) is 73.2 cm³/mol. The fourth-order valence-electron chi connectivity index (χ4n) is 2.81. The Hall–Kier alpha value is -2.06. The number of nitrogens with one attached hydrogen (secondary N) is 1. The molecule has 0 bridgehead atoms. The Labute approximate surface area is 112 Å². The maximum atomic E-state index is 12.1. The van der Waals surface area contributed by atoms with Gasteiger partial charge in [-0.2, -0.15) is 5.26 Å². The second-order valence-electron chi connectivity index (χ2n) is 5.04. The normalized spacial score (nSPS) is 22.3. The molecule has 0 aliphatic carbocycles. The quantitative estimate of drug-likeness (QED) is 0.803. The lowest BCUT2D eigenvalue weighted by Gasteiger charge is -2.38. The van der Waals surface area contributed by atoms with Gasteiger partial charge in [-0.15, -0.1) is 0 Å². The number of hydrogen-bond donors (Lipinski definition) is 1. The molecule has 1 aromatic rings. The number of likely N-dealkylation sites (N-methyl/N-ethyl adjacent to an activating group) is 1. The molecule has 1 fully saturated rings. The standard InChI is InChI=1S/C14H16N4O/c1-17-13-6-10(7-15)2-3-12(13)18(9-14(17)19)11-4-5-16-8-11/h2-3,6,11,16H,4-5,8-9H2,1H3. The highest BCUT2D eigenvalue weighted by Crippen LogP contribution is 2.35. The Morgan fingerprint density at radius 1 is 1.42 bits per heavy atom. The summed E-state index contributed by atoms with van der Waals surface area (Å²) in [7, 11) is 1.77. The molecule has 3 rings (SSSR count). The predicted octanol–water partition coefficient (Wildman–Crippen LogP) is 0.703. The maximum Gasteiger partial charge on any atom is 0.246 e. The van der Waals surface area contributed by atoms with Gasteiger partial charge in [0.2, 0.25) is 5.91 Å². The molecule has 0 radical (unpaired) electrons. The van der Waals surface area contributed by atoms with Gasteiger partial charge in [0.15, 0.2) is 0 Å². The molecule has 2 heterocycles. The molecular weight excluding hydrogens is 240 g/mol. The van der Waals surface area contributed by atoms with E-state index in [4.69, 9.17) is 5.26 Å². The summed E-state index contributed by atoms with van der Waals surface area (Å²) in [6, 6.07) is 8.06. The number of fused-ring (bicyclic) bond motifs is 1. The van der Waals surface area contributed by atoms with Crippen LogP contribution in [0.4, 0.5) is 11.4 Å². The van der Waals surface area contributed by atoms with Crippen LogP contribution in [0.15, 0.2) is 18.2 Å². The number of hydrogen-bond acceptors (Lipinski definition) is 4. The van der Waals surface area contributed by atoms with E-state index in [1.807, 2.05) is 12.1 Å². The maximum absolute atomic E-state index is 12.1. The highest BCUT2D eigenvalue weighted by atomic mass is 16.2. The molecule has 0 saturated carbocycles. The summed E-state index contributed by atoms with van der Waals surface area (Å²) >= 11 is 0. The number of carbonyl (C=O) groups excluding carboxylic acids is 1. The van der Waals surface area contributed by atoms with Gasteiger partial charge in [0.05, 0.1) is 29.6 Å². The number of carbonyl (C=O) groups is 1. The summed E-state index contributed by atoms with van der Waals surface area (Å²) in [6.45, 7) is 2.33. The minimum atomic E-state index is 0.0782. The van der Waals surface area contributed by atoms with Crippen LogP contribution in [-0.4, -0.2) is 38.6 Å². The SMILES string of the molecule is CN1C(=O)CN(C2CCNC2)c2ccc(C#N)cc21. The average molecular weight is 256 g/mol. The molecule has 2 aliphatic rings. The van der Waals surface area contributed by atoms with Gasteiger partial charge >= 0.3 is 0 Å². The van der Waals surface area contributed by atoms with Gasteiger partial charge in [-0.1, -0.05) is 0 Å². The van der Waals surface area contributed by atoms with E-state index >= 15 is 0 Å². The zero-order valence-electron chi connectivity index (χ0n) is 10.9. The van der Waals surface area contributed by atoms with E-state index in [1.54, 1.807) is 18.0 Å². The van der Waals surface area contributed by atoms with E-state index < -0.39 is 0 Å². The van der Waals surface area contributed by atoms with Crippen molar-refractivity contribution in [2.75, 3.05) is 36.5 Å². The lowest BCUT2D eigenvalue weighted by atomic mass is 10.1. The Bertz CT molecular complexity index is 557. The van der Waals surface area contributed by atoms with Crippen LogP contribution in [0.25, 0.3) is 0 Å². The van der Waals surface area contributed by atoms with Crippen molar-refractivity contribution in [2.24, 2.45) is 0 Å². The lowest BCUT2D eigenvalue weighted by molar-refractivity contribution is -0.117. The molecule has 0 aromatic heterocycles. The Kier molecular flexibility index (Phi) is 2.88. The third-order valence-corrected chi connectivity index (χ3v) is 3.93. The van der Waals surface area contributed by atoms with Crippen molar-refractivity contribution in [1.82, 2.24) is 5.32 Å². The van der Waals surface area contributed by atoms with Gasteiger partial charge in [-0.3, -0.25) is 4.79 Å². The van der Waals surface area contributed by atoms with Gasteiger partial charge in [0.1, 0.15) is 0 Å². The number of benzene rings is 1. The van der Waals surface area contributed by atoms with Crippen molar-refractivity contribution in [3.63, 3.8) is 0 Å². The Balaban J connectivity index is 2.04. The van der Waals surface area contributed by atoms with Gasteiger partial charge in [-0.25, -0.2) is 0 Å². The summed E-state index contributed by atoms with van der Waals surface area (Å²) in [5.74, 6) is 0.0782. The molecule has 19 heavy (non-hydrogen) atoms. The van der Waals surface area contributed by atoms with Crippen LogP contribution < -0.4 is 15.1 Å². The first-order chi connectivity index (χ1) is 9.20.